The number of rotatable bonds is 8. The number of ether oxygens (including phenoxy) is 2. The lowest BCUT2D eigenvalue weighted by Crippen LogP contribution is -2.23. The highest BCUT2D eigenvalue weighted by Gasteiger charge is 2.26. The van der Waals surface area contributed by atoms with Gasteiger partial charge in [-0.1, -0.05) is 0 Å². The molecule has 2 aromatic rings. The first-order valence-corrected chi connectivity index (χ1v) is 11.5. The van der Waals surface area contributed by atoms with Gasteiger partial charge in [-0.15, -0.1) is 0 Å². The Balaban J connectivity index is 2.53. The van der Waals surface area contributed by atoms with Crippen LogP contribution in [0.3, 0.4) is 0 Å². The first-order chi connectivity index (χ1) is 13.9. The number of hydrogen-bond acceptors (Lipinski definition) is 7. The molecule has 12 heteroatoms. The standard InChI is InChI=1S/C18H21FN2O7S2/c1-5-28-15-9-7-13(11-17(15)30(25,26)21(2)3)20-29(23,24)16-10-12(18(22)27-4)6-8-14(16)19/h6-11,20H,5H2,1-4H3. The van der Waals surface area contributed by atoms with Gasteiger partial charge in [-0.3, -0.25) is 4.72 Å². The molecule has 0 bridgehead atoms. The molecule has 9 nitrogen and oxygen atoms in total. The molecule has 0 saturated carbocycles. The summed E-state index contributed by atoms with van der Waals surface area (Å²) in [5.74, 6) is -1.90. The molecule has 0 unspecified atom stereocenters. The zero-order valence-corrected chi connectivity index (χ0v) is 18.3. The molecule has 0 aromatic heterocycles. The molecule has 0 amide bonds. The van der Waals surface area contributed by atoms with Crippen LogP contribution in [0, 0.1) is 5.82 Å². The van der Waals surface area contributed by atoms with Crippen LogP contribution < -0.4 is 9.46 Å². The Kier molecular flexibility index (Phi) is 7.06. The zero-order chi connectivity index (χ0) is 22.7. The highest BCUT2D eigenvalue weighted by molar-refractivity contribution is 7.92. The number of esters is 1. The average molecular weight is 461 g/mol. The van der Waals surface area contributed by atoms with E-state index < -0.39 is 36.7 Å². The van der Waals surface area contributed by atoms with E-state index in [9.17, 15) is 26.0 Å². The lowest BCUT2D eigenvalue weighted by molar-refractivity contribution is 0.0600. The Bertz CT molecular complexity index is 1160. The van der Waals surface area contributed by atoms with Gasteiger partial charge in [0.1, 0.15) is 21.4 Å². The molecule has 0 heterocycles. The van der Waals surface area contributed by atoms with Gasteiger partial charge >= 0.3 is 5.97 Å². The number of nitrogens with one attached hydrogen (secondary N) is 1. The minimum Gasteiger partial charge on any atom is -0.492 e. The topological polar surface area (TPSA) is 119 Å². The molecular formula is C18H21FN2O7S2. The van der Waals surface area contributed by atoms with E-state index >= 15 is 0 Å². The van der Waals surface area contributed by atoms with E-state index in [1.807, 2.05) is 0 Å². The van der Waals surface area contributed by atoms with Crippen molar-refractivity contribution < 1.29 is 35.5 Å². The van der Waals surface area contributed by atoms with E-state index in [-0.39, 0.29) is 28.5 Å². The summed E-state index contributed by atoms with van der Waals surface area (Å²) >= 11 is 0. The quantitative estimate of drug-likeness (QED) is 0.599. The fraction of sp³-hybridized carbons (Fsp3) is 0.278. The average Bonchev–Trinajstić information content (AvgIpc) is 2.68. The summed E-state index contributed by atoms with van der Waals surface area (Å²) in [6.07, 6.45) is 0. The summed E-state index contributed by atoms with van der Waals surface area (Å²) in [5, 5.41) is 0. The van der Waals surface area contributed by atoms with Gasteiger partial charge < -0.3 is 9.47 Å². The third-order valence-corrected chi connectivity index (χ3v) is 7.13. The molecule has 2 aromatic carbocycles. The predicted molar refractivity (Wildman–Crippen MR) is 107 cm³/mol. The molecule has 0 spiro atoms. The van der Waals surface area contributed by atoms with Crippen LogP contribution in [0.2, 0.25) is 0 Å². The number of sulfonamides is 2. The zero-order valence-electron chi connectivity index (χ0n) is 16.7. The maximum absolute atomic E-state index is 14.2. The number of benzene rings is 2. The van der Waals surface area contributed by atoms with Crippen molar-refractivity contribution in [1.29, 1.82) is 0 Å². The van der Waals surface area contributed by atoms with Crippen molar-refractivity contribution in [1.82, 2.24) is 4.31 Å². The summed E-state index contributed by atoms with van der Waals surface area (Å²) in [4.78, 5) is 10.6. The van der Waals surface area contributed by atoms with E-state index in [1.54, 1.807) is 6.92 Å². The highest BCUT2D eigenvalue weighted by Crippen LogP contribution is 2.30. The molecule has 0 aliphatic rings. The fourth-order valence-electron chi connectivity index (χ4n) is 2.41. The molecule has 0 aliphatic carbocycles. The monoisotopic (exact) mass is 460 g/mol. The smallest absolute Gasteiger partial charge is 0.337 e. The van der Waals surface area contributed by atoms with E-state index in [0.717, 1.165) is 35.7 Å². The minimum absolute atomic E-state index is 0.0352. The lowest BCUT2D eigenvalue weighted by Gasteiger charge is -2.17. The van der Waals surface area contributed by atoms with Crippen LogP contribution in [-0.4, -0.2) is 54.9 Å². The number of carbonyl (C=O) groups is 1. The maximum Gasteiger partial charge on any atom is 0.337 e. The predicted octanol–water partition coefficient (Wildman–Crippen LogP) is 2.06. The maximum atomic E-state index is 14.2. The van der Waals surface area contributed by atoms with Gasteiger partial charge in [-0.25, -0.2) is 30.3 Å². The van der Waals surface area contributed by atoms with Gasteiger partial charge in [-0.05, 0) is 43.3 Å². The van der Waals surface area contributed by atoms with Gasteiger partial charge in [-0.2, -0.15) is 0 Å². The second kappa shape index (κ2) is 8.98. The summed E-state index contributed by atoms with van der Waals surface area (Å²) < 4.78 is 77.6. The number of nitrogens with zero attached hydrogens (tertiary/aromatic N) is 1. The van der Waals surface area contributed by atoms with Crippen LogP contribution in [0.15, 0.2) is 46.2 Å². The summed E-state index contributed by atoms with van der Waals surface area (Å²) in [7, 11) is -4.73. The number of anilines is 1. The van der Waals surface area contributed by atoms with E-state index in [2.05, 4.69) is 9.46 Å². The number of carbonyl (C=O) groups excluding carboxylic acids is 1. The summed E-state index contributed by atoms with van der Waals surface area (Å²) in [6.45, 7) is 1.85. The third-order valence-electron chi connectivity index (χ3n) is 3.90. The molecule has 0 radical (unpaired) electrons. The second-order valence-corrected chi connectivity index (χ2v) is 9.90. The Morgan fingerprint density at radius 3 is 2.30 bits per heavy atom. The normalized spacial score (nSPS) is 11.9. The first-order valence-electron chi connectivity index (χ1n) is 8.54. The van der Waals surface area contributed by atoms with Crippen molar-refractivity contribution >= 4 is 31.7 Å². The van der Waals surface area contributed by atoms with Crippen LogP contribution in [-0.2, 0) is 24.8 Å². The van der Waals surface area contributed by atoms with Gasteiger partial charge in [0.2, 0.25) is 10.0 Å². The van der Waals surface area contributed by atoms with Crippen LogP contribution in [0.1, 0.15) is 17.3 Å². The van der Waals surface area contributed by atoms with Crippen molar-refractivity contribution in [3.8, 4) is 5.75 Å². The molecule has 0 aliphatic heterocycles. The lowest BCUT2D eigenvalue weighted by atomic mass is 10.2. The van der Waals surface area contributed by atoms with Crippen LogP contribution in [0.4, 0.5) is 10.1 Å². The van der Waals surface area contributed by atoms with Crippen LogP contribution in [0.25, 0.3) is 0 Å². The van der Waals surface area contributed by atoms with E-state index in [0.29, 0.717) is 0 Å². The largest absolute Gasteiger partial charge is 0.492 e. The molecular weight excluding hydrogens is 439 g/mol. The van der Waals surface area contributed by atoms with Crippen LogP contribution in [0.5, 0.6) is 5.75 Å². The van der Waals surface area contributed by atoms with E-state index in [4.69, 9.17) is 4.74 Å². The van der Waals surface area contributed by atoms with Crippen molar-refractivity contribution in [3.63, 3.8) is 0 Å². The van der Waals surface area contributed by atoms with Gasteiger partial charge in [0.05, 0.1) is 25.0 Å². The molecule has 164 valence electrons. The number of halogens is 1. The minimum atomic E-state index is -4.50. The van der Waals surface area contributed by atoms with Crippen molar-refractivity contribution in [2.24, 2.45) is 0 Å². The van der Waals surface area contributed by atoms with Crippen LogP contribution >= 0.6 is 0 Å². The molecule has 0 atom stereocenters. The number of hydrogen-bond donors (Lipinski definition) is 1. The second-order valence-electron chi connectivity index (χ2n) is 6.12. The molecule has 0 saturated heterocycles. The first kappa shape index (κ1) is 23.6. The Morgan fingerprint density at radius 1 is 1.07 bits per heavy atom. The van der Waals surface area contributed by atoms with Crippen molar-refractivity contribution in [2.75, 3.05) is 32.5 Å². The van der Waals surface area contributed by atoms with Gasteiger partial charge in [0.15, 0.2) is 0 Å². The summed E-state index contributed by atoms with van der Waals surface area (Å²) in [5.41, 5.74) is -0.302. The van der Waals surface area contributed by atoms with Crippen molar-refractivity contribution in [2.45, 2.75) is 16.7 Å². The van der Waals surface area contributed by atoms with E-state index in [1.165, 1.54) is 26.2 Å². The Hall–Kier alpha value is -2.70. The third kappa shape index (κ3) is 4.89. The number of methoxy groups -OCH3 is 1. The molecule has 2 rings (SSSR count). The van der Waals surface area contributed by atoms with Gasteiger partial charge in [0, 0.05) is 14.1 Å². The molecule has 1 N–H and O–H groups in total. The SMILES string of the molecule is CCOc1ccc(NS(=O)(=O)c2cc(C(=O)OC)ccc2F)cc1S(=O)(=O)N(C)C. The molecule has 30 heavy (non-hydrogen) atoms. The van der Waals surface area contributed by atoms with Crippen molar-refractivity contribution in [3.05, 3.63) is 47.8 Å². The van der Waals surface area contributed by atoms with Gasteiger partial charge in [0.25, 0.3) is 10.0 Å². The fourth-order valence-corrected chi connectivity index (χ4v) is 4.61. The Labute approximate surface area is 174 Å². The highest BCUT2D eigenvalue weighted by atomic mass is 32.2. The Morgan fingerprint density at radius 2 is 1.73 bits per heavy atom. The summed E-state index contributed by atoms with van der Waals surface area (Å²) in [6, 6.07) is 6.37. The molecule has 0 fully saturated rings.